The number of methoxy groups -OCH3 is 2. The van der Waals surface area contributed by atoms with Gasteiger partial charge in [-0.2, -0.15) is 0 Å². The Kier molecular flexibility index (Phi) is 8.98. The van der Waals surface area contributed by atoms with Crippen molar-refractivity contribution in [1.29, 1.82) is 0 Å². The fraction of sp³-hybridized carbons (Fsp3) is 0.400. The van der Waals surface area contributed by atoms with E-state index in [2.05, 4.69) is 10.6 Å². The maximum atomic E-state index is 13.2. The van der Waals surface area contributed by atoms with Crippen molar-refractivity contribution in [3.63, 3.8) is 0 Å². The molecule has 1 saturated heterocycles. The molecule has 3 amide bonds. The first-order valence-electron chi connectivity index (χ1n) is 11.2. The van der Waals surface area contributed by atoms with E-state index in [0.29, 0.717) is 50.4 Å². The van der Waals surface area contributed by atoms with Crippen LogP contribution in [0.3, 0.4) is 0 Å². The van der Waals surface area contributed by atoms with Crippen LogP contribution < -0.4 is 15.4 Å². The summed E-state index contributed by atoms with van der Waals surface area (Å²) in [4.78, 5) is 40.3. The summed E-state index contributed by atoms with van der Waals surface area (Å²) in [5.74, 6) is -0.783. The van der Waals surface area contributed by atoms with E-state index in [1.54, 1.807) is 36.3 Å². The Bertz CT molecular complexity index is 973. The number of benzene rings is 2. The molecule has 0 aromatic heterocycles. The number of amides is 3. The van der Waals surface area contributed by atoms with Gasteiger partial charge < -0.3 is 25.0 Å². The van der Waals surface area contributed by atoms with Crippen LogP contribution in [0.15, 0.2) is 48.5 Å². The van der Waals surface area contributed by atoms with E-state index in [4.69, 9.17) is 9.47 Å². The van der Waals surface area contributed by atoms with Gasteiger partial charge in [-0.15, -0.1) is 0 Å². The summed E-state index contributed by atoms with van der Waals surface area (Å²) in [6.07, 6.45) is 1.10. The molecule has 182 valence electrons. The van der Waals surface area contributed by atoms with Crippen molar-refractivity contribution in [3.05, 3.63) is 65.5 Å². The third kappa shape index (κ3) is 6.54. The van der Waals surface area contributed by atoms with E-state index in [1.807, 2.05) is 0 Å². The number of halogens is 1. The summed E-state index contributed by atoms with van der Waals surface area (Å²) >= 11 is 0. The third-order valence-electron chi connectivity index (χ3n) is 5.92. The zero-order valence-electron chi connectivity index (χ0n) is 19.4. The highest BCUT2D eigenvalue weighted by atomic mass is 19.1. The Hall–Kier alpha value is -3.46. The van der Waals surface area contributed by atoms with Crippen LogP contribution in [0.2, 0.25) is 0 Å². The molecule has 2 aromatic rings. The first-order valence-corrected chi connectivity index (χ1v) is 11.2. The van der Waals surface area contributed by atoms with Gasteiger partial charge in [-0.25, -0.2) is 4.39 Å². The normalized spacial score (nSPS) is 14.9. The Morgan fingerprint density at radius 1 is 1.00 bits per heavy atom. The van der Waals surface area contributed by atoms with Gasteiger partial charge in [-0.3, -0.25) is 14.4 Å². The van der Waals surface area contributed by atoms with Gasteiger partial charge in [-0.1, -0.05) is 0 Å². The average molecular weight is 472 g/mol. The number of hydrogen-bond acceptors (Lipinski definition) is 5. The molecule has 2 N–H and O–H groups in total. The number of rotatable bonds is 9. The smallest absolute Gasteiger partial charge is 0.253 e. The predicted octanol–water partition coefficient (Wildman–Crippen LogP) is 2.25. The van der Waals surface area contributed by atoms with Crippen LogP contribution in [0.5, 0.6) is 5.75 Å². The highest BCUT2D eigenvalue weighted by Gasteiger charge is 2.34. The van der Waals surface area contributed by atoms with Crippen molar-refractivity contribution in [2.45, 2.75) is 18.9 Å². The minimum Gasteiger partial charge on any atom is -0.497 e. The maximum absolute atomic E-state index is 13.2. The molecule has 0 unspecified atom stereocenters. The van der Waals surface area contributed by atoms with E-state index in [0.717, 1.165) is 0 Å². The molecule has 0 aliphatic carbocycles. The van der Waals surface area contributed by atoms with Crippen molar-refractivity contribution < 1.29 is 28.2 Å². The van der Waals surface area contributed by atoms with E-state index in [1.165, 1.54) is 31.4 Å². The number of piperidine rings is 1. The van der Waals surface area contributed by atoms with Crippen LogP contribution in [0, 0.1) is 11.7 Å². The lowest BCUT2D eigenvalue weighted by Gasteiger charge is -2.36. The highest BCUT2D eigenvalue weighted by molar-refractivity contribution is 5.97. The molecule has 0 spiro atoms. The molecule has 2 aromatic carbocycles. The van der Waals surface area contributed by atoms with Crippen molar-refractivity contribution in [3.8, 4) is 5.75 Å². The molecule has 3 rings (SSSR count). The summed E-state index contributed by atoms with van der Waals surface area (Å²) in [5.41, 5.74) is 0.834. The van der Waals surface area contributed by atoms with Crippen LogP contribution >= 0.6 is 0 Å². The summed E-state index contributed by atoms with van der Waals surface area (Å²) in [5, 5.41) is 5.59. The standard InChI is InChI=1S/C25H30FN3O5/c1-33-16-13-27-24(31)22(28-23(30)18-3-7-20(26)8-4-18)17-11-14-29(15-12-17)25(32)19-5-9-21(34-2)10-6-19/h3-10,17,22H,11-16H2,1-2H3,(H,27,31)(H,28,30)/t22-/m1/s1. The van der Waals surface area contributed by atoms with E-state index < -0.39 is 17.8 Å². The zero-order chi connectivity index (χ0) is 24.5. The first kappa shape index (κ1) is 25.2. The number of ether oxygens (including phenoxy) is 2. The molecule has 1 aliphatic rings. The number of carbonyl (C=O) groups excluding carboxylic acids is 3. The van der Waals surface area contributed by atoms with Crippen LogP contribution in [-0.2, 0) is 9.53 Å². The minimum atomic E-state index is -0.785. The van der Waals surface area contributed by atoms with Crippen LogP contribution in [-0.4, -0.2) is 69.1 Å². The second-order valence-corrected chi connectivity index (χ2v) is 8.10. The fourth-order valence-corrected chi connectivity index (χ4v) is 3.96. The number of likely N-dealkylation sites (tertiary alicyclic amines) is 1. The molecule has 0 radical (unpaired) electrons. The minimum absolute atomic E-state index is 0.0856. The second-order valence-electron chi connectivity index (χ2n) is 8.10. The largest absolute Gasteiger partial charge is 0.497 e. The molecular formula is C25H30FN3O5. The highest BCUT2D eigenvalue weighted by Crippen LogP contribution is 2.23. The molecular weight excluding hydrogens is 441 g/mol. The van der Waals surface area contributed by atoms with Gasteiger partial charge in [0.15, 0.2) is 0 Å². The molecule has 1 atom stereocenters. The fourth-order valence-electron chi connectivity index (χ4n) is 3.96. The van der Waals surface area contributed by atoms with Gasteiger partial charge in [0.2, 0.25) is 5.91 Å². The SMILES string of the molecule is COCCNC(=O)[C@H](NC(=O)c1ccc(F)cc1)C1CCN(C(=O)c2ccc(OC)cc2)CC1. The molecule has 1 aliphatic heterocycles. The Morgan fingerprint density at radius 3 is 2.21 bits per heavy atom. The number of hydrogen-bond donors (Lipinski definition) is 2. The van der Waals surface area contributed by atoms with Gasteiger partial charge >= 0.3 is 0 Å². The topological polar surface area (TPSA) is 97.0 Å². The third-order valence-corrected chi connectivity index (χ3v) is 5.92. The van der Waals surface area contributed by atoms with E-state index in [-0.39, 0.29) is 23.3 Å². The lowest BCUT2D eigenvalue weighted by atomic mass is 9.88. The molecule has 34 heavy (non-hydrogen) atoms. The quantitative estimate of drug-likeness (QED) is 0.547. The Morgan fingerprint density at radius 2 is 1.62 bits per heavy atom. The van der Waals surface area contributed by atoms with E-state index >= 15 is 0 Å². The van der Waals surface area contributed by atoms with Gasteiger partial charge in [-0.05, 0) is 67.3 Å². The molecule has 0 bridgehead atoms. The van der Waals surface area contributed by atoms with Crippen molar-refractivity contribution in [2.24, 2.45) is 5.92 Å². The lowest BCUT2D eigenvalue weighted by molar-refractivity contribution is -0.124. The molecule has 9 heteroatoms. The van der Waals surface area contributed by atoms with E-state index in [9.17, 15) is 18.8 Å². The summed E-state index contributed by atoms with van der Waals surface area (Å²) in [7, 11) is 3.10. The van der Waals surface area contributed by atoms with Gasteiger partial charge in [0.1, 0.15) is 17.6 Å². The lowest BCUT2D eigenvalue weighted by Crippen LogP contribution is -2.54. The van der Waals surface area contributed by atoms with Crippen molar-refractivity contribution in [1.82, 2.24) is 15.5 Å². The number of nitrogens with one attached hydrogen (secondary N) is 2. The summed E-state index contributed by atoms with van der Waals surface area (Å²) < 4.78 is 23.3. The number of nitrogens with zero attached hydrogens (tertiary/aromatic N) is 1. The molecule has 1 fully saturated rings. The predicted molar refractivity (Wildman–Crippen MR) is 124 cm³/mol. The van der Waals surface area contributed by atoms with Gasteiger partial charge in [0, 0.05) is 37.9 Å². The van der Waals surface area contributed by atoms with Crippen LogP contribution in [0.25, 0.3) is 0 Å². The Balaban J connectivity index is 1.66. The maximum Gasteiger partial charge on any atom is 0.253 e. The zero-order valence-corrected chi connectivity index (χ0v) is 19.4. The van der Waals surface area contributed by atoms with Crippen molar-refractivity contribution in [2.75, 3.05) is 40.5 Å². The van der Waals surface area contributed by atoms with Crippen molar-refractivity contribution >= 4 is 17.7 Å². The molecule has 1 heterocycles. The molecule has 8 nitrogen and oxygen atoms in total. The van der Waals surface area contributed by atoms with Crippen LogP contribution in [0.1, 0.15) is 33.6 Å². The second kappa shape index (κ2) is 12.1. The Labute approximate surface area is 198 Å². The first-order chi connectivity index (χ1) is 16.4. The molecule has 0 saturated carbocycles. The monoisotopic (exact) mass is 471 g/mol. The summed E-state index contributed by atoms with van der Waals surface area (Å²) in [6.45, 7) is 1.58. The van der Waals surface area contributed by atoms with Gasteiger partial charge in [0.05, 0.1) is 13.7 Å². The summed E-state index contributed by atoms with van der Waals surface area (Å²) in [6, 6.07) is 11.3. The van der Waals surface area contributed by atoms with Crippen LogP contribution in [0.4, 0.5) is 4.39 Å². The van der Waals surface area contributed by atoms with Gasteiger partial charge in [0.25, 0.3) is 11.8 Å². The average Bonchev–Trinajstić information content (AvgIpc) is 2.87. The number of carbonyl (C=O) groups is 3.